The van der Waals surface area contributed by atoms with Crippen molar-refractivity contribution in [2.75, 3.05) is 13.6 Å². The van der Waals surface area contributed by atoms with E-state index in [2.05, 4.69) is 5.32 Å². The Morgan fingerprint density at radius 3 is 2.23 bits per heavy atom. The predicted molar refractivity (Wildman–Crippen MR) is 82.2 cm³/mol. The van der Waals surface area contributed by atoms with Crippen LogP contribution in [-0.4, -0.2) is 42.0 Å². The normalized spacial score (nSPS) is 10.7. The zero-order chi connectivity index (χ0) is 16.8. The van der Waals surface area contributed by atoms with E-state index in [1.165, 1.54) is 7.05 Å². The number of likely N-dealkylation sites (N-methyl/N-ethyl adjacent to an activating group) is 1. The molecule has 1 aromatic rings. The number of rotatable bonds is 4. The van der Waals surface area contributed by atoms with E-state index < -0.39 is 23.5 Å². The summed E-state index contributed by atoms with van der Waals surface area (Å²) in [6.45, 7) is 4.97. The van der Waals surface area contributed by atoms with Gasteiger partial charge in [-0.1, -0.05) is 30.3 Å². The van der Waals surface area contributed by atoms with Crippen molar-refractivity contribution in [3.8, 4) is 0 Å². The zero-order valence-corrected chi connectivity index (χ0v) is 13.4. The average Bonchev–Trinajstić information content (AvgIpc) is 2.37. The third-order valence-corrected chi connectivity index (χ3v) is 2.57. The van der Waals surface area contributed by atoms with Crippen molar-refractivity contribution in [3.05, 3.63) is 35.9 Å². The topological polar surface area (TPSA) is 75.7 Å². The Kier molecular flexibility index (Phi) is 6.10. The summed E-state index contributed by atoms with van der Waals surface area (Å²) in [7, 11) is 1.44. The number of imide groups is 1. The highest BCUT2D eigenvalue weighted by Crippen LogP contribution is 2.08. The molecule has 0 saturated carbocycles. The van der Waals surface area contributed by atoms with E-state index in [-0.39, 0.29) is 13.0 Å². The van der Waals surface area contributed by atoms with Crippen molar-refractivity contribution in [2.45, 2.75) is 32.8 Å². The lowest BCUT2D eigenvalue weighted by molar-refractivity contribution is -0.130. The summed E-state index contributed by atoms with van der Waals surface area (Å²) in [6, 6.07) is 9.09. The molecule has 0 aromatic heterocycles. The van der Waals surface area contributed by atoms with Gasteiger partial charge in [-0.2, -0.15) is 0 Å². The smallest absolute Gasteiger partial charge is 0.410 e. The lowest BCUT2D eigenvalue weighted by Crippen LogP contribution is -2.43. The highest BCUT2D eigenvalue weighted by Gasteiger charge is 2.21. The third-order valence-electron chi connectivity index (χ3n) is 2.57. The Balaban J connectivity index is 2.42. The third kappa shape index (κ3) is 6.88. The first-order chi connectivity index (χ1) is 10.2. The van der Waals surface area contributed by atoms with E-state index >= 15 is 0 Å². The van der Waals surface area contributed by atoms with Gasteiger partial charge in [0.05, 0.1) is 6.42 Å². The number of nitrogens with one attached hydrogen (secondary N) is 1. The fourth-order valence-corrected chi connectivity index (χ4v) is 1.64. The van der Waals surface area contributed by atoms with Gasteiger partial charge in [0, 0.05) is 7.05 Å². The molecule has 0 spiro atoms. The lowest BCUT2D eigenvalue weighted by Gasteiger charge is -2.24. The van der Waals surface area contributed by atoms with Gasteiger partial charge in [0.1, 0.15) is 12.1 Å². The second-order valence-electron chi connectivity index (χ2n) is 5.97. The van der Waals surface area contributed by atoms with Crippen molar-refractivity contribution in [1.29, 1.82) is 0 Å². The van der Waals surface area contributed by atoms with E-state index in [0.717, 1.165) is 10.5 Å². The second-order valence-corrected chi connectivity index (χ2v) is 5.97. The van der Waals surface area contributed by atoms with Crippen molar-refractivity contribution in [3.63, 3.8) is 0 Å². The van der Waals surface area contributed by atoms with E-state index in [1.807, 2.05) is 18.2 Å². The average molecular weight is 306 g/mol. The molecule has 0 radical (unpaired) electrons. The van der Waals surface area contributed by atoms with Gasteiger partial charge in [0.15, 0.2) is 0 Å². The maximum absolute atomic E-state index is 11.7. The van der Waals surface area contributed by atoms with Crippen molar-refractivity contribution < 1.29 is 19.1 Å². The zero-order valence-electron chi connectivity index (χ0n) is 13.4. The second kappa shape index (κ2) is 7.59. The Morgan fingerprint density at radius 1 is 1.09 bits per heavy atom. The molecule has 0 aliphatic rings. The van der Waals surface area contributed by atoms with Gasteiger partial charge in [0.2, 0.25) is 11.8 Å². The van der Waals surface area contributed by atoms with E-state index in [4.69, 9.17) is 4.74 Å². The van der Waals surface area contributed by atoms with Crippen LogP contribution in [0.1, 0.15) is 26.3 Å². The Hall–Kier alpha value is -2.37. The molecule has 120 valence electrons. The van der Waals surface area contributed by atoms with Crippen LogP contribution in [-0.2, 0) is 20.7 Å². The van der Waals surface area contributed by atoms with Gasteiger partial charge >= 0.3 is 6.09 Å². The first-order valence-electron chi connectivity index (χ1n) is 6.98. The molecule has 0 aliphatic heterocycles. The van der Waals surface area contributed by atoms with Gasteiger partial charge in [-0.05, 0) is 26.3 Å². The van der Waals surface area contributed by atoms with Crippen molar-refractivity contribution in [1.82, 2.24) is 10.2 Å². The summed E-state index contributed by atoms with van der Waals surface area (Å²) in [6.07, 6.45) is -0.499. The SMILES string of the molecule is CN(CC(=O)NC(=O)Cc1ccccc1)C(=O)OC(C)(C)C. The van der Waals surface area contributed by atoms with E-state index in [9.17, 15) is 14.4 Å². The highest BCUT2D eigenvalue weighted by atomic mass is 16.6. The first-order valence-corrected chi connectivity index (χ1v) is 6.98. The minimum Gasteiger partial charge on any atom is -0.444 e. The number of carbonyl (C=O) groups is 3. The number of hydrogen-bond donors (Lipinski definition) is 1. The number of carbonyl (C=O) groups excluding carboxylic acids is 3. The number of ether oxygens (including phenoxy) is 1. The molecule has 0 unspecified atom stereocenters. The van der Waals surface area contributed by atoms with Crippen LogP contribution in [0, 0.1) is 0 Å². The monoisotopic (exact) mass is 306 g/mol. The quantitative estimate of drug-likeness (QED) is 0.919. The summed E-state index contributed by atoms with van der Waals surface area (Å²) in [5.41, 5.74) is 0.179. The van der Waals surface area contributed by atoms with E-state index in [0.29, 0.717) is 0 Å². The van der Waals surface area contributed by atoms with Crippen LogP contribution in [0.25, 0.3) is 0 Å². The maximum Gasteiger partial charge on any atom is 0.410 e. The van der Waals surface area contributed by atoms with Crippen LogP contribution in [0.15, 0.2) is 30.3 Å². The molecule has 0 bridgehead atoms. The molecule has 3 amide bonds. The minimum absolute atomic E-state index is 0.114. The number of hydrogen-bond acceptors (Lipinski definition) is 4. The van der Waals surface area contributed by atoms with Crippen LogP contribution in [0.5, 0.6) is 0 Å². The Bertz CT molecular complexity index is 535. The van der Waals surface area contributed by atoms with Crippen LogP contribution in [0.2, 0.25) is 0 Å². The van der Waals surface area contributed by atoms with Crippen molar-refractivity contribution in [2.24, 2.45) is 0 Å². The molecule has 0 fully saturated rings. The number of nitrogens with zero attached hydrogens (tertiary/aromatic N) is 1. The summed E-state index contributed by atoms with van der Waals surface area (Å²) in [5, 5.41) is 2.25. The van der Waals surface area contributed by atoms with Gasteiger partial charge in [0.25, 0.3) is 0 Å². The summed E-state index contributed by atoms with van der Waals surface area (Å²) >= 11 is 0. The van der Waals surface area contributed by atoms with Crippen molar-refractivity contribution >= 4 is 17.9 Å². The Labute approximate surface area is 130 Å². The number of benzene rings is 1. The fraction of sp³-hybridized carbons (Fsp3) is 0.438. The van der Waals surface area contributed by atoms with Gasteiger partial charge in [-0.25, -0.2) is 4.79 Å². The number of amides is 3. The molecular weight excluding hydrogens is 284 g/mol. The van der Waals surface area contributed by atoms with Gasteiger partial charge in [-0.3, -0.25) is 14.9 Å². The first kappa shape index (κ1) is 17.7. The predicted octanol–water partition coefficient (Wildman–Crippen LogP) is 1.74. The summed E-state index contributed by atoms with van der Waals surface area (Å²) in [4.78, 5) is 36.3. The molecule has 0 heterocycles. The minimum atomic E-state index is -0.634. The van der Waals surface area contributed by atoms with E-state index in [1.54, 1.807) is 32.9 Å². The molecule has 0 atom stereocenters. The van der Waals surface area contributed by atoms with Crippen LogP contribution in [0.4, 0.5) is 4.79 Å². The standard InChI is InChI=1S/C16H22N2O4/c1-16(2,3)22-15(21)18(4)11-14(20)17-13(19)10-12-8-6-5-7-9-12/h5-9H,10-11H2,1-4H3,(H,17,19,20). The lowest BCUT2D eigenvalue weighted by atomic mass is 10.1. The molecule has 1 aromatic carbocycles. The molecule has 1 N–H and O–H groups in total. The molecule has 0 saturated heterocycles. The summed E-state index contributed by atoms with van der Waals surface area (Å²) < 4.78 is 5.12. The molecule has 6 heteroatoms. The summed E-state index contributed by atoms with van der Waals surface area (Å²) in [5.74, 6) is -0.955. The fourth-order valence-electron chi connectivity index (χ4n) is 1.64. The van der Waals surface area contributed by atoms with Crippen LogP contribution in [0.3, 0.4) is 0 Å². The molecule has 1 rings (SSSR count). The molecule has 0 aliphatic carbocycles. The highest BCUT2D eigenvalue weighted by molar-refractivity contribution is 5.97. The van der Waals surface area contributed by atoms with Gasteiger partial charge < -0.3 is 9.64 Å². The molecule has 22 heavy (non-hydrogen) atoms. The maximum atomic E-state index is 11.7. The molecule has 6 nitrogen and oxygen atoms in total. The molecular formula is C16H22N2O4. The van der Waals surface area contributed by atoms with Gasteiger partial charge in [-0.15, -0.1) is 0 Å². The van der Waals surface area contributed by atoms with Crippen LogP contribution < -0.4 is 5.32 Å². The van der Waals surface area contributed by atoms with Crippen LogP contribution >= 0.6 is 0 Å². The Morgan fingerprint density at radius 2 is 1.68 bits per heavy atom. The largest absolute Gasteiger partial charge is 0.444 e.